The molecule has 1 aliphatic heterocycles. The van der Waals surface area contributed by atoms with Gasteiger partial charge in [-0.25, -0.2) is 0 Å². The summed E-state index contributed by atoms with van der Waals surface area (Å²) in [5, 5.41) is 0. The third-order valence-corrected chi connectivity index (χ3v) is 6.62. The molecule has 0 spiro atoms. The Morgan fingerprint density at radius 3 is 2.85 bits per heavy atom. The largest absolute Gasteiger partial charge is 0.488 e. The van der Waals surface area contributed by atoms with Gasteiger partial charge in [-0.05, 0) is 42.2 Å². The summed E-state index contributed by atoms with van der Waals surface area (Å²) >= 11 is 1.58. The van der Waals surface area contributed by atoms with Gasteiger partial charge in [-0.1, -0.05) is 36.4 Å². The molecule has 130 valence electrons. The number of rotatable bonds is 2. The van der Waals surface area contributed by atoms with Crippen LogP contribution in [0, 0.1) is 0 Å². The molecular formula is C22H19NO2S. The van der Waals surface area contributed by atoms with Gasteiger partial charge in [-0.3, -0.25) is 4.79 Å². The number of thiophene rings is 1. The van der Waals surface area contributed by atoms with Gasteiger partial charge in [0.05, 0.1) is 10.9 Å². The first-order valence-corrected chi connectivity index (χ1v) is 9.74. The Labute approximate surface area is 156 Å². The van der Waals surface area contributed by atoms with E-state index in [0.717, 1.165) is 39.5 Å². The molecule has 2 aromatic carbocycles. The second-order valence-corrected chi connectivity index (χ2v) is 7.97. The molecule has 0 fully saturated rings. The Kier molecular flexibility index (Phi) is 3.61. The molecule has 0 radical (unpaired) electrons. The van der Waals surface area contributed by atoms with Gasteiger partial charge in [0.25, 0.3) is 5.91 Å². The molecule has 0 saturated heterocycles. The highest BCUT2D eigenvalue weighted by Gasteiger charge is 2.30. The third-order valence-electron chi connectivity index (χ3n) is 5.42. The summed E-state index contributed by atoms with van der Waals surface area (Å²) in [6, 6.07) is 18.7. The van der Waals surface area contributed by atoms with E-state index in [9.17, 15) is 4.79 Å². The summed E-state index contributed by atoms with van der Waals surface area (Å²) < 4.78 is 5.83. The lowest BCUT2D eigenvalue weighted by Gasteiger charge is -2.25. The maximum Gasteiger partial charge on any atom is 0.264 e. The number of carbonyl (C=O) groups excluding carboxylic acids is 1. The number of hydrogen-bond donors (Lipinski definition) is 0. The molecule has 1 amide bonds. The van der Waals surface area contributed by atoms with Crippen molar-refractivity contribution in [2.24, 2.45) is 0 Å². The van der Waals surface area contributed by atoms with E-state index in [-0.39, 0.29) is 11.9 Å². The van der Waals surface area contributed by atoms with Crippen LogP contribution in [0.3, 0.4) is 0 Å². The van der Waals surface area contributed by atoms with Gasteiger partial charge in [0.2, 0.25) is 0 Å². The SMILES string of the molecule is CN(C(=O)c1cc2c(s1)-c1ccccc1OC2)C1CCc2ccccc21. The lowest BCUT2D eigenvalue weighted by Crippen LogP contribution is -2.29. The van der Waals surface area contributed by atoms with Gasteiger partial charge in [0.1, 0.15) is 12.4 Å². The van der Waals surface area contributed by atoms with E-state index >= 15 is 0 Å². The van der Waals surface area contributed by atoms with Crippen LogP contribution < -0.4 is 4.74 Å². The monoisotopic (exact) mass is 361 g/mol. The summed E-state index contributed by atoms with van der Waals surface area (Å²) in [6.07, 6.45) is 2.04. The summed E-state index contributed by atoms with van der Waals surface area (Å²) in [5.74, 6) is 1.00. The molecule has 4 heteroatoms. The van der Waals surface area contributed by atoms with Crippen LogP contribution in [0.25, 0.3) is 10.4 Å². The maximum atomic E-state index is 13.2. The first-order valence-electron chi connectivity index (χ1n) is 8.92. The van der Waals surface area contributed by atoms with E-state index in [1.165, 1.54) is 11.1 Å². The molecule has 1 atom stereocenters. The molecule has 26 heavy (non-hydrogen) atoms. The highest BCUT2D eigenvalue weighted by atomic mass is 32.1. The van der Waals surface area contributed by atoms with E-state index in [4.69, 9.17) is 4.74 Å². The van der Waals surface area contributed by atoms with Crippen molar-refractivity contribution in [3.8, 4) is 16.2 Å². The van der Waals surface area contributed by atoms with Crippen LogP contribution in [-0.4, -0.2) is 17.9 Å². The topological polar surface area (TPSA) is 29.5 Å². The van der Waals surface area contributed by atoms with Crippen molar-refractivity contribution < 1.29 is 9.53 Å². The summed E-state index contributed by atoms with van der Waals surface area (Å²) in [6.45, 7) is 0.534. The summed E-state index contributed by atoms with van der Waals surface area (Å²) in [4.78, 5) is 17.0. The lowest BCUT2D eigenvalue weighted by atomic mass is 10.1. The number of carbonyl (C=O) groups is 1. The van der Waals surface area contributed by atoms with Crippen molar-refractivity contribution in [2.75, 3.05) is 7.05 Å². The van der Waals surface area contributed by atoms with Crippen LogP contribution in [-0.2, 0) is 13.0 Å². The van der Waals surface area contributed by atoms with E-state index < -0.39 is 0 Å². The zero-order chi connectivity index (χ0) is 17.7. The minimum atomic E-state index is 0.101. The average molecular weight is 361 g/mol. The average Bonchev–Trinajstić information content (AvgIpc) is 3.31. The lowest BCUT2D eigenvalue weighted by molar-refractivity contribution is 0.0735. The fourth-order valence-electron chi connectivity index (χ4n) is 4.06. The molecule has 5 rings (SSSR count). The fourth-order valence-corrected chi connectivity index (χ4v) is 5.24. The quantitative estimate of drug-likeness (QED) is 0.638. The predicted molar refractivity (Wildman–Crippen MR) is 104 cm³/mol. The van der Waals surface area contributed by atoms with E-state index in [1.807, 2.05) is 36.2 Å². The molecule has 0 bridgehead atoms. The molecule has 0 saturated carbocycles. The maximum absolute atomic E-state index is 13.2. The molecule has 0 N–H and O–H groups in total. The van der Waals surface area contributed by atoms with Gasteiger partial charge in [-0.15, -0.1) is 11.3 Å². The van der Waals surface area contributed by atoms with Crippen LogP contribution in [0.4, 0.5) is 0 Å². The van der Waals surface area contributed by atoms with Gasteiger partial charge in [0, 0.05) is 23.1 Å². The van der Waals surface area contributed by atoms with Crippen LogP contribution in [0.1, 0.15) is 38.8 Å². The second-order valence-electron chi connectivity index (χ2n) is 6.92. The van der Waals surface area contributed by atoms with Crippen molar-refractivity contribution in [1.82, 2.24) is 4.90 Å². The zero-order valence-electron chi connectivity index (χ0n) is 14.6. The molecule has 1 unspecified atom stereocenters. The van der Waals surface area contributed by atoms with E-state index in [2.05, 4.69) is 30.3 Å². The molecule has 2 aliphatic rings. The Bertz CT molecular complexity index is 1010. The first kappa shape index (κ1) is 15.6. The smallest absolute Gasteiger partial charge is 0.264 e. The van der Waals surface area contributed by atoms with Gasteiger partial charge < -0.3 is 9.64 Å². The van der Waals surface area contributed by atoms with Crippen LogP contribution in [0.5, 0.6) is 5.75 Å². The van der Waals surface area contributed by atoms with Crippen molar-refractivity contribution >= 4 is 17.2 Å². The number of hydrogen-bond acceptors (Lipinski definition) is 3. The van der Waals surface area contributed by atoms with Crippen molar-refractivity contribution in [3.63, 3.8) is 0 Å². The number of para-hydroxylation sites is 1. The highest BCUT2D eigenvalue weighted by molar-refractivity contribution is 7.17. The Morgan fingerprint density at radius 1 is 1.12 bits per heavy atom. The first-order chi connectivity index (χ1) is 12.7. The van der Waals surface area contributed by atoms with Gasteiger partial charge in [0.15, 0.2) is 0 Å². The minimum absolute atomic E-state index is 0.101. The van der Waals surface area contributed by atoms with Crippen molar-refractivity contribution in [1.29, 1.82) is 0 Å². The molecular weight excluding hydrogens is 342 g/mol. The van der Waals surface area contributed by atoms with E-state index in [0.29, 0.717) is 6.61 Å². The van der Waals surface area contributed by atoms with Gasteiger partial charge in [-0.2, -0.15) is 0 Å². The summed E-state index contributed by atoms with van der Waals surface area (Å²) in [5.41, 5.74) is 4.85. The van der Waals surface area contributed by atoms with Crippen LogP contribution in [0.2, 0.25) is 0 Å². The number of aryl methyl sites for hydroxylation is 1. The number of ether oxygens (including phenoxy) is 1. The number of benzene rings is 2. The number of nitrogens with zero attached hydrogens (tertiary/aromatic N) is 1. The normalized spacial score (nSPS) is 17.0. The number of fused-ring (bicyclic) bond motifs is 4. The minimum Gasteiger partial charge on any atom is -0.488 e. The highest BCUT2D eigenvalue weighted by Crippen LogP contribution is 2.43. The number of amides is 1. The zero-order valence-corrected chi connectivity index (χ0v) is 15.4. The van der Waals surface area contributed by atoms with E-state index in [1.54, 1.807) is 11.3 Å². The fraction of sp³-hybridized carbons (Fsp3) is 0.227. The Hall–Kier alpha value is -2.59. The molecule has 1 aliphatic carbocycles. The van der Waals surface area contributed by atoms with Crippen LogP contribution >= 0.6 is 11.3 Å². The second kappa shape index (κ2) is 5.99. The van der Waals surface area contributed by atoms with Crippen molar-refractivity contribution in [2.45, 2.75) is 25.5 Å². The standard InChI is InChI=1S/C22H19NO2S/c1-23(18-11-10-14-6-2-3-7-16(14)18)22(24)20-12-15-13-25-19-9-5-4-8-17(19)21(15)26-20/h2-9,12,18H,10-11,13H2,1H3. The predicted octanol–water partition coefficient (Wildman–Crippen LogP) is 5.07. The molecule has 1 aromatic heterocycles. The summed E-state index contributed by atoms with van der Waals surface area (Å²) in [7, 11) is 1.93. The molecule has 3 aromatic rings. The van der Waals surface area contributed by atoms with Crippen molar-refractivity contribution in [3.05, 3.63) is 76.2 Å². The Morgan fingerprint density at radius 2 is 1.92 bits per heavy atom. The Balaban J connectivity index is 1.47. The molecule has 2 heterocycles. The molecule has 3 nitrogen and oxygen atoms in total. The third kappa shape index (κ3) is 2.36. The van der Waals surface area contributed by atoms with Crippen LogP contribution in [0.15, 0.2) is 54.6 Å². The van der Waals surface area contributed by atoms with Gasteiger partial charge >= 0.3 is 0 Å².